The molecule has 0 saturated carbocycles. The van der Waals surface area contributed by atoms with Crippen molar-refractivity contribution in [2.45, 2.75) is 59.5 Å². The first kappa shape index (κ1) is 14.5. The largest absolute Gasteiger partial charge is 0.326 e. The molecule has 1 saturated heterocycles. The maximum absolute atomic E-state index is 11.9. The Hall–Kier alpha value is -0.570. The molecule has 0 aromatic rings. The number of hydrogen-bond acceptors (Lipinski definition) is 2. The summed E-state index contributed by atoms with van der Waals surface area (Å²) in [4.78, 5) is 13.9. The van der Waals surface area contributed by atoms with E-state index in [1.54, 1.807) is 0 Å². The van der Waals surface area contributed by atoms with Gasteiger partial charge in [-0.25, -0.2) is 0 Å². The molecule has 1 fully saturated rings. The van der Waals surface area contributed by atoms with Gasteiger partial charge in [0.05, 0.1) is 12.7 Å². The highest BCUT2D eigenvalue weighted by atomic mass is 16.2. The van der Waals surface area contributed by atoms with Gasteiger partial charge in [0.15, 0.2) is 0 Å². The molecule has 100 valence electrons. The van der Waals surface area contributed by atoms with E-state index in [4.69, 9.17) is 0 Å². The van der Waals surface area contributed by atoms with Crippen LogP contribution in [0.4, 0.5) is 0 Å². The summed E-state index contributed by atoms with van der Waals surface area (Å²) in [5.74, 6) is 1.43. The number of carbonyl (C=O) groups is 1. The average Bonchev–Trinajstić information content (AvgIpc) is 2.66. The fourth-order valence-corrected chi connectivity index (χ4v) is 2.57. The molecule has 0 aromatic heterocycles. The van der Waals surface area contributed by atoms with E-state index in [0.717, 1.165) is 6.54 Å². The number of nitrogens with zero attached hydrogens (tertiary/aromatic N) is 1. The van der Waals surface area contributed by atoms with Gasteiger partial charge in [0.2, 0.25) is 5.91 Å². The summed E-state index contributed by atoms with van der Waals surface area (Å²) >= 11 is 0. The van der Waals surface area contributed by atoms with Crippen LogP contribution >= 0.6 is 0 Å². The van der Waals surface area contributed by atoms with Gasteiger partial charge in [-0.15, -0.1) is 0 Å². The van der Waals surface area contributed by atoms with E-state index in [-0.39, 0.29) is 12.1 Å². The molecule has 0 radical (unpaired) electrons. The lowest BCUT2D eigenvalue weighted by Gasteiger charge is -2.30. The van der Waals surface area contributed by atoms with Crippen LogP contribution < -0.4 is 5.32 Å². The second-order valence-electron chi connectivity index (χ2n) is 5.53. The normalized spacial score (nSPS) is 22.5. The maximum Gasteiger partial charge on any atom is 0.237 e. The van der Waals surface area contributed by atoms with Gasteiger partial charge in [0.25, 0.3) is 0 Å². The van der Waals surface area contributed by atoms with E-state index in [9.17, 15) is 4.79 Å². The second kappa shape index (κ2) is 7.00. The third-order valence-electron chi connectivity index (χ3n) is 3.75. The highest BCUT2D eigenvalue weighted by Gasteiger charge is 2.33. The summed E-state index contributed by atoms with van der Waals surface area (Å²) in [7, 11) is 0. The summed E-state index contributed by atoms with van der Waals surface area (Å²) in [5, 5.41) is 3.32. The molecule has 1 heterocycles. The van der Waals surface area contributed by atoms with Crippen LogP contribution in [0.15, 0.2) is 0 Å². The first-order valence-electron chi connectivity index (χ1n) is 7.12. The predicted octanol–water partition coefficient (Wildman–Crippen LogP) is 2.62. The van der Waals surface area contributed by atoms with Gasteiger partial charge in [-0.1, -0.05) is 47.0 Å². The zero-order chi connectivity index (χ0) is 12.8. The van der Waals surface area contributed by atoms with E-state index < -0.39 is 0 Å². The Kier molecular flexibility index (Phi) is 5.96. The number of nitrogens with one attached hydrogen (secondary N) is 1. The van der Waals surface area contributed by atoms with Gasteiger partial charge in [-0.2, -0.15) is 0 Å². The molecule has 0 aliphatic carbocycles. The molecule has 1 aliphatic rings. The van der Waals surface area contributed by atoms with Crippen molar-refractivity contribution in [3.8, 4) is 0 Å². The number of hydrogen-bond donors (Lipinski definition) is 1. The molecule has 0 spiro atoms. The van der Waals surface area contributed by atoms with Crippen LogP contribution in [0.3, 0.4) is 0 Å². The first-order valence-corrected chi connectivity index (χ1v) is 7.12. The maximum atomic E-state index is 11.9. The first-order chi connectivity index (χ1) is 8.10. The topological polar surface area (TPSA) is 32.3 Å². The lowest BCUT2D eigenvalue weighted by atomic mass is 9.98. The molecular formula is C14H28N2O. The number of unbranched alkanes of at least 4 members (excludes halogenated alkanes) is 1. The lowest BCUT2D eigenvalue weighted by molar-refractivity contribution is -0.129. The summed E-state index contributed by atoms with van der Waals surface area (Å²) in [6.45, 7) is 10.3. The van der Waals surface area contributed by atoms with Crippen molar-refractivity contribution in [1.82, 2.24) is 10.2 Å². The van der Waals surface area contributed by atoms with Gasteiger partial charge < -0.3 is 4.90 Å². The lowest BCUT2D eigenvalue weighted by Crippen LogP contribution is -2.43. The number of carbonyl (C=O) groups excluding carboxylic acids is 1. The summed E-state index contributed by atoms with van der Waals surface area (Å²) in [5.41, 5.74) is 0. The minimum atomic E-state index is 0.248. The predicted molar refractivity (Wildman–Crippen MR) is 71.6 cm³/mol. The smallest absolute Gasteiger partial charge is 0.237 e. The van der Waals surface area contributed by atoms with Crippen LogP contribution in [0, 0.1) is 11.8 Å². The van der Waals surface area contributed by atoms with Crippen LogP contribution in [-0.4, -0.2) is 30.1 Å². The van der Waals surface area contributed by atoms with Crippen LogP contribution in [0.1, 0.15) is 53.4 Å². The van der Waals surface area contributed by atoms with E-state index >= 15 is 0 Å². The van der Waals surface area contributed by atoms with E-state index in [1.807, 2.05) is 0 Å². The zero-order valence-corrected chi connectivity index (χ0v) is 11.8. The van der Waals surface area contributed by atoms with Crippen molar-refractivity contribution in [2.75, 3.05) is 13.1 Å². The number of amides is 1. The van der Waals surface area contributed by atoms with Crippen molar-refractivity contribution < 1.29 is 4.79 Å². The van der Waals surface area contributed by atoms with Crippen LogP contribution in [0.25, 0.3) is 0 Å². The summed E-state index contributed by atoms with van der Waals surface area (Å²) in [6.07, 6.45) is 5.20. The molecule has 1 N–H and O–H groups in total. The number of rotatable bonds is 7. The molecule has 2 unspecified atom stereocenters. The van der Waals surface area contributed by atoms with Crippen LogP contribution in [0.5, 0.6) is 0 Å². The molecule has 17 heavy (non-hydrogen) atoms. The third kappa shape index (κ3) is 3.98. The molecule has 0 bridgehead atoms. The molecule has 1 amide bonds. The van der Waals surface area contributed by atoms with Crippen LogP contribution in [0.2, 0.25) is 0 Å². The summed E-state index contributed by atoms with van der Waals surface area (Å²) in [6, 6.07) is 0. The Balaban J connectivity index is 2.53. The second-order valence-corrected chi connectivity index (χ2v) is 5.53. The van der Waals surface area contributed by atoms with E-state index in [2.05, 4.69) is 37.9 Å². The average molecular weight is 240 g/mol. The van der Waals surface area contributed by atoms with E-state index in [1.165, 1.54) is 25.7 Å². The van der Waals surface area contributed by atoms with Crippen molar-refractivity contribution in [3.05, 3.63) is 0 Å². The Bertz CT molecular complexity index is 240. The van der Waals surface area contributed by atoms with Crippen LogP contribution in [-0.2, 0) is 4.79 Å². The van der Waals surface area contributed by atoms with E-state index in [0.29, 0.717) is 18.4 Å². The molecule has 3 heteroatoms. The molecular weight excluding hydrogens is 212 g/mol. The van der Waals surface area contributed by atoms with Crippen molar-refractivity contribution >= 4 is 5.91 Å². The van der Waals surface area contributed by atoms with Gasteiger partial charge in [-0.05, 0) is 18.3 Å². The Morgan fingerprint density at radius 3 is 2.65 bits per heavy atom. The SMILES string of the molecule is CCCCC(CC)CN1C(=O)CNC1C(C)C. The zero-order valence-electron chi connectivity index (χ0n) is 11.8. The van der Waals surface area contributed by atoms with Crippen molar-refractivity contribution in [2.24, 2.45) is 11.8 Å². The van der Waals surface area contributed by atoms with Gasteiger partial charge >= 0.3 is 0 Å². The Labute approximate surface area is 106 Å². The fourth-order valence-electron chi connectivity index (χ4n) is 2.57. The van der Waals surface area contributed by atoms with Crippen molar-refractivity contribution in [1.29, 1.82) is 0 Å². The minimum Gasteiger partial charge on any atom is -0.326 e. The summed E-state index contributed by atoms with van der Waals surface area (Å²) < 4.78 is 0. The Morgan fingerprint density at radius 1 is 1.41 bits per heavy atom. The standard InChI is InChI=1S/C14H28N2O/c1-5-7-8-12(6-2)10-16-13(17)9-15-14(16)11(3)4/h11-12,14-15H,5-10H2,1-4H3. The minimum absolute atomic E-state index is 0.248. The van der Waals surface area contributed by atoms with Crippen molar-refractivity contribution in [3.63, 3.8) is 0 Å². The molecule has 2 atom stereocenters. The third-order valence-corrected chi connectivity index (χ3v) is 3.75. The van der Waals surface area contributed by atoms with Gasteiger partial charge in [0, 0.05) is 6.54 Å². The molecule has 3 nitrogen and oxygen atoms in total. The highest BCUT2D eigenvalue weighted by molar-refractivity contribution is 5.80. The molecule has 1 aliphatic heterocycles. The highest BCUT2D eigenvalue weighted by Crippen LogP contribution is 2.20. The quantitative estimate of drug-likeness (QED) is 0.742. The molecule has 1 rings (SSSR count). The molecule has 0 aromatic carbocycles. The fraction of sp³-hybridized carbons (Fsp3) is 0.929. The monoisotopic (exact) mass is 240 g/mol. The van der Waals surface area contributed by atoms with Gasteiger partial charge in [0.1, 0.15) is 0 Å². The van der Waals surface area contributed by atoms with Gasteiger partial charge in [-0.3, -0.25) is 10.1 Å². The Morgan fingerprint density at radius 2 is 2.12 bits per heavy atom.